The zero-order valence-electron chi connectivity index (χ0n) is 11.2. The Kier molecular flexibility index (Phi) is 11.6. The van der Waals surface area contributed by atoms with Gasteiger partial charge in [-0.15, -0.1) is 0 Å². The second-order valence-corrected chi connectivity index (χ2v) is 4.30. The standard InChI is InChI=1S/C9H20.C6H7N/c1-3-5-7-9-8-6-4-2;1-6-3-2-4-7-5-6/h3-9H2,1-2H3;2-5H,1H3. The van der Waals surface area contributed by atoms with Crippen molar-refractivity contribution in [1.29, 1.82) is 0 Å². The number of aryl methyl sites for hydroxylation is 1. The van der Waals surface area contributed by atoms with E-state index in [-0.39, 0.29) is 0 Å². The maximum Gasteiger partial charge on any atom is 0.0297 e. The molecule has 1 aromatic heterocycles. The lowest BCUT2D eigenvalue weighted by atomic mass is 10.1. The summed E-state index contributed by atoms with van der Waals surface area (Å²) in [6.45, 7) is 6.55. The van der Waals surface area contributed by atoms with Gasteiger partial charge in [0.25, 0.3) is 0 Å². The topological polar surface area (TPSA) is 12.9 Å². The molecule has 0 saturated heterocycles. The van der Waals surface area contributed by atoms with Crippen LogP contribution in [0.25, 0.3) is 0 Å². The van der Waals surface area contributed by atoms with Crippen molar-refractivity contribution >= 4 is 0 Å². The first-order chi connectivity index (χ1) is 7.81. The fourth-order valence-electron chi connectivity index (χ4n) is 1.48. The Bertz CT molecular complexity index is 212. The third-order valence-electron chi connectivity index (χ3n) is 2.52. The summed E-state index contributed by atoms with van der Waals surface area (Å²) in [6, 6.07) is 3.95. The average Bonchev–Trinajstić information content (AvgIpc) is 2.31. The van der Waals surface area contributed by atoms with E-state index in [1.54, 1.807) is 6.20 Å². The Morgan fingerprint density at radius 3 is 1.81 bits per heavy atom. The van der Waals surface area contributed by atoms with Crippen molar-refractivity contribution in [3.63, 3.8) is 0 Å². The van der Waals surface area contributed by atoms with Gasteiger partial charge in [0.15, 0.2) is 0 Å². The molecule has 92 valence electrons. The van der Waals surface area contributed by atoms with E-state index >= 15 is 0 Å². The predicted molar refractivity (Wildman–Crippen MR) is 72.6 cm³/mol. The van der Waals surface area contributed by atoms with Gasteiger partial charge in [0.05, 0.1) is 0 Å². The van der Waals surface area contributed by atoms with Crippen LogP contribution in [0.15, 0.2) is 24.5 Å². The normalized spacial score (nSPS) is 9.44. The van der Waals surface area contributed by atoms with Gasteiger partial charge in [0, 0.05) is 12.4 Å². The van der Waals surface area contributed by atoms with E-state index in [1.807, 2.05) is 25.3 Å². The van der Waals surface area contributed by atoms with Gasteiger partial charge in [-0.3, -0.25) is 4.98 Å². The molecule has 1 aromatic rings. The van der Waals surface area contributed by atoms with Crippen LogP contribution in [0, 0.1) is 6.92 Å². The Morgan fingerprint density at radius 2 is 1.50 bits per heavy atom. The van der Waals surface area contributed by atoms with E-state index in [9.17, 15) is 0 Å². The molecular formula is C15H27N. The van der Waals surface area contributed by atoms with Crippen molar-refractivity contribution in [2.45, 2.75) is 65.7 Å². The van der Waals surface area contributed by atoms with Gasteiger partial charge < -0.3 is 0 Å². The number of aromatic nitrogens is 1. The molecule has 0 radical (unpaired) electrons. The monoisotopic (exact) mass is 221 g/mol. The van der Waals surface area contributed by atoms with Crippen molar-refractivity contribution in [3.05, 3.63) is 30.1 Å². The molecule has 0 aromatic carbocycles. The Labute approximate surface area is 101 Å². The van der Waals surface area contributed by atoms with Gasteiger partial charge in [-0.05, 0) is 18.6 Å². The largest absolute Gasteiger partial charge is 0.264 e. The zero-order valence-corrected chi connectivity index (χ0v) is 11.2. The molecule has 16 heavy (non-hydrogen) atoms. The van der Waals surface area contributed by atoms with Crippen LogP contribution in [0.1, 0.15) is 64.4 Å². The Morgan fingerprint density at radius 1 is 0.938 bits per heavy atom. The Balaban J connectivity index is 0.000000288. The molecule has 0 aliphatic carbocycles. The molecule has 0 unspecified atom stereocenters. The van der Waals surface area contributed by atoms with Gasteiger partial charge in [0.2, 0.25) is 0 Å². The maximum absolute atomic E-state index is 3.88. The molecule has 0 fully saturated rings. The first-order valence-electron chi connectivity index (χ1n) is 6.67. The molecule has 0 spiro atoms. The van der Waals surface area contributed by atoms with Gasteiger partial charge >= 0.3 is 0 Å². The fraction of sp³-hybridized carbons (Fsp3) is 0.667. The van der Waals surface area contributed by atoms with E-state index in [4.69, 9.17) is 0 Å². The van der Waals surface area contributed by atoms with E-state index < -0.39 is 0 Å². The van der Waals surface area contributed by atoms with Crippen LogP contribution in [-0.2, 0) is 0 Å². The number of hydrogen-bond donors (Lipinski definition) is 0. The minimum Gasteiger partial charge on any atom is -0.264 e. The van der Waals surface area contributed by atoms with Crippen LogP contribution in [-0.4, -0.2) is 4.98 Å². The number of hydrogen-bond acceptors (Lipinski definition) is 1. The van der Waals surface area contributed by atoms with Gasteiger partial charge in [-0.2, -0.15) is 0 Å². The van der Waals surface area contributed by atoms with Crippen molar-refractivity contribution in [2.24, 2.45) is 0 Å². The van der Waals surface area contributed by atoms with Crippen LogP contribution in [0.4, 0.5) is 0 Å². The summed E-state index contributed by atoms with van der Waals surface area (Å²) >= 11 is 0. The number of pyridine rings is 1. The van der Waals surface area contributed by atoms with Gasteiger partial charge in [-0.25, -0.2) is 0 Å². The Hall–Kier alpha value is -0.850. The fourth-order valence-corrected chi connectivity index (χ4v) is 1.48. The molecule has 0 aliphatic heterocycles. The zero-order chi connectivity index (χ0) is 12.1. The van der Waals surface area contributed by atoms with Crippen LogP contribution in [0.5, 0.6) is 0 Å². The highest BCUT2D eigenvalue weighted by molar-refractivity contribution is 5.04. The lowest BCUT2D eigenvalue weighted by Crippen LogP contribution is -1.76. The van der Waals surface area contributed by atoms with E-state index in [2.05, 4.69) is 18.8 Å². The van der Waals surface area contributed by atoms with Crippen molar-refractivity contribution < 1.29 is 0 Å². The summed E-state index contributed by atoms with van der Waals surface area (Å²) in [7, 11) is 0. The minimum absolute atomic E-state index is 1.21. The van der Waals surface area contributed by atoms with Crippen LogP contribution < -0.4 is 0 Å². The third kappa shape index (κ3) is 11.2. The summed E-state index contributed by atoms with van der Waals surface area (Å²) in [5, 5.41) is 0. The number of rotatable bonds is 6. The van der Waals surface area contributed by atoms with E-state index in [0.29, 0.717) is 0 Å². The minimum atomic E-state index is 1.21. The smallest absolute Gasteiger partial charge is 0.0297 e. The number of unbranched alkanes of at least 4 members (excludes halogenated alkanes) is 6. The third-order valence-corrected chi connectivity index (χ3v) is 2.52. The molecule has 0 aliphatic rings. The molecule has 0 saturated carbocycles. The highest BCUT2D eigenvalue weighted by atomic mass is 14.6. The maximum atomic E-state index is 3.88. The summed E-state index contributed by atoms with van der Waals surface area (Å²) < 4.78 is 0. The summed E-state index contributed by atoms with van der Waals surface area (Å²) in [5.41, 5.74) is 1.21. The first kappa shape index (κ1) is 15.2. The van der Waals surface area contributed by atoms with Crippen molar-refractivity contribution in [3.8, 4) is 0 Å². The predicted octanol–water partition coefficient (Wildman–Crippen LogP) is 5.15. The molecular weight excluding hydrogens is 194 g/mol. The molecule has 0 atom stereocenters. The summed E-state index contributed by atoms with van der Waals surface area (Å²) in [4.78, 5) is 3.88. The van der Waals surface area contributed by atoms with Gasteiger partial charge in [-0.1, -0.05) is 64.9 Å². The lowest BCUT2D eigenvalue weighted by Gasteiger charge is -1.96. The molecule has 0 N–H and O–H groups in total. The molecule has 1 rings (SSSR count). The first-order valence-corrected chi connectivity index (χ1v) is 6.67. The van der Waals surface area contributed by atoms with Crippen LogP contribution in [0.2, 0.25) is 0 Å². The molecule has 1 heteroatoms. The SMILES string of the molecule is CCCCCCCCC.Cc1cccnc1. The van der Waals surface area contributed by atoms with Crippen LogP contribution in [0.3, 0.4) is 0 Å². The lowest BCUT2D eigenvalue weighted by molar-refractivity contribution is 0.602. The second kappa shape index (κ2) is 12.2. The average molecular weight is 221 g/mol. The van der Waals surface area contributed by atoms with Gasteiger partial charge in [0.1, 0.15) is 0 Å². The number of nitrogens with zero attached hydrogens (tertiary/aromatic N) is 1. The van der Waals surface area contributed by atoms with E-state index in [0.717, 1.165) is 0 Å². The summed E-state index contributed by atoms with van der Waals surface area (Å²) in [6.07, 6.45) is 13.6. The molecule has 1 heterocycles. The molecule has 0 bridgehead atoms. The summed E-state index contributed by atoms with van der Waals surface area (Å²) in [5.74, 6) is 0. The molecule has 0 amide bonds. The highest BCUT2D eigenvalue weighted by Crippen LogP contribution is 2.05. The quantitative estimate of drug-likeness (QED) is 0.606. The van der Waals surface area contributed by atoms with Crippen molar-refractivity contribution in [1.82, 2.24) is 4.98 Å². The van der Waals surface area contributed by atoms with Crippen LogP contribution >= 0.6 is 0 Å². The van der Waals surface area contributed by atoms with Crippen molar-refractivity contribution in [2.75, 3.05) is 0 Å². The van der Waals surface area contributed by atoms with E-state index in [1.165, 1.54) is 50.5 Å². The molecule has 1 nitrogen and oxygen atoms in total. The second-order valence-electron chi connectivity index (χ2n) is 4.30. The highest BCUT2D eigenvalue weighted by Gasteiger charge is 1.85.